The highest BCUT2D eigenvalue weighted by molar-refractivity contribution is 9.10. The molecule has 0 fully saturated rings. The molecule has 2 rings (SSSR count). The second-order valence-corrected chi connectivity index (χ2v) is 5.06. The summed E-state index contributed by atoms with van der Waals surface area (Å²) in [4.78, 5) is 0. The summed E-state index contributed by atoms with van der Waals surface area (Å²) in [6.07, 6.45) is 1.22. The largest absolute Gasteiger partial charge is 0.497 e. The van der Waals surface area contributed by atoms with Crippen molar-refractivity contribution in [3.8, 4) is 5.75 Å². The molecule has 1 nitrogen and oxygen atoms in total. The fourth-order valence-corrected chi connectivity index (χ4v) is 2.22. The van der Waals surface area contributed by atoms with E-state index in [4.69, 9.17) is 4.74 Å². The lowest BCUT2D eigenvalue weighted by atomic mass is 10.0. The molecule has 4 heteroatoms. The van der Waals surface area contributed by atoms with Crippen LogP contribution < -0.4 is 4.74 Å². The average Bonchev–Trinajstić information content (AvgIpc) is 2.42. The number of benzene rings is 2. The van der Waals surface area contributed by atoms with E-state index in [0.717, 1.165) is 17.4 Å². The molecule has 0 spiro atoms. The van der Waals surface area contributed by atoms with Crippen molar-refractivity contribution in [1.29, 1.82) is 0 Å². The third-order valence-electron chi connectivity index (χ3n) is 2.93. The third-order valence-corrected chi connectivity index (χ3v) is 3.54. The molecule has 0 N–H and O–H groups in total. The van der Waals surface area contributed by atoms with Gasteiger partial charge in [0.25, 0.3) is 0 Å². The highest BCUT2D eigenvalue weighted by Crippen LogP contribution is 2.21. The van der Waals surface area contributed by atoms with Gasteiger partial charge in [-0.05, 0) is 58.1 Å². The minimum absolute atomic E-state index is 0.290. The molecule has 0 unspecified atom stereocenters. The lowest BCUT2D eigenvalue weighted by Crippen LogP contribution is -1.96. The van der Waals surface area contributed by atoms with E-state index in [1.165, 1.54) is 6.07 Å². The Morgan fingerprint density at radius 2 is 1.68 bits per heavy atom. The van der Waals surface area contributed by atoms with Crippen molar-refractivity contribution in [3.63, 3.8) is 0 Å². The fraction of sp³-hybridized carbons (Fsp3) is 0.200. The highest BCUT2D eigenvalue weighted by Gasteiger charge is 2.08. The van der Waals surface area contributed by atoms with E-state index >= 15 is 0 Å². The van der Waals surface area contributed by atoms with Crippen LogP contribution in [0.2, 0.25) is 0 Å². The van der Waals surface area contributed by atoms with Crippen LogP contribution in [0.25, 0.3) is 0 Å². The lowest BCUT2D eigenvalue weighted by Gasteiger charge is -2.06. The van der Waals surface area contributed by atoms with Gasteiger partial charge in [0.05, 0.1) is 11.6 Å². The van der Waals surface area contributed by atoms with Crippen LogP contribution >= 0.6 is 15.9 Å². The first kappa shape index (κ1) is 14.0. The van der Waals surface area contributed by atoms with E-state index in [0.29, 0.717) is 22.9 Å². The SMILES string of the molecule is COc1ccc(CCc2cc(Br)c(F)cc2F)cc1. The minimum atomic E-state index is -0.578. The molecule has 0 saturated heterocycles. The maximum Gasteiger partial charge on any atom is 0.140 e. The second-order valence-electron chi connectivity index (χ2n) is 4.21. The topological polar surface area (TPSA) is 9.23 Å². The molecule has 0 aromatic heterocycles. The molecule has 0 aliphatic carbocycles. The summed E-state index contributed by atoms with van der Waals surface area (Å²) < 4.78 is 32.0. The number of halogens is 3. The van der Waals surface area contributed by atoms with Crippen molar-refractivity contribution in [2.75, 3.05) is 7.11 Å². The Bertz CT molecular complexity index is 567. The summed E-state index contributed by atoms with van der Waals surface area (Å²) >= 11 is 3.07. The maximum absolute atomic E-state index is 13.6. The fourth-order valence-electron chi connectivity index (χ4n) is 1.83. The number of ether oxygens (including phenoxy) is 1. The van der Waals surface area contributed by atoms with Crippen LogP contribution in [0.1, 0.15) is 11.1 Å². The van der Waals surface area contributed by atoms with E-state index in [1.54, 1.807) is 7.11 Å². The average molecular weight is 327 g/mol. The van der Waals surface area contributed by atoms with Gasteiger partial charge >= 0.3 is 0 Å². The third kappa shape index (κ3) is 3.53. The van der Waals surface area contributed by atoms with E-state index in [9.17, 15) is 8.78 Å². The lowest BCUT2D eigenvalue weighted by molar-refractivity contribution is 0.414. The van der Waals surface area contributed by atoms with Gasteiger partial charge in [0.1, 0.15) is 17.4 Å². The first-order valence-corrected chi connectivity index (χ1v) is 6.66. The molecule has 0 aliphatic heterocycles. The molecule has 2 aromatic rings. The molecule has 0 saturated carbocycles. The van der Waals surface area contributed by atoms with Gasteiger partial charge in [-0.3, -0.25) is 0 Å². The molecule has 0 radical (unpaired) electrons. The van der Waals surface area contributed by atoms with Gasteiger partial charge in [-0.2, -0.15) is 0 Å². The first-order chi connectivity index (χ1) is 9.10. The zero-order valence-corrected chi connectivity index (χ0v) is 12.0. The Morgan fingerprint density at radius 3 is 2.32 bits per heavy atom. The van der Waals surface area contributed by atoms with Crippen LogP contribution in [0.15, 0.2) is 40.9 Å². The standard InChI is InChI=1S/C15H13BrF2O/c1-19-12-6-3-10(4-7-12)2-5-11-8-13(16)15(18)9-14(11)17/h3-4,6-9H,2,5H2,1H3. The van der Waals surface area contributed by atoms with Gasteiger partial charge in [0, 0.05) is 6.07 Å². The summed E-state index contributed by atoms with van der Waals surface area (Å²) in [5.74, 6) is -0.292. The van der Waals surface area contributed by atoms with Gasteiger partial charge in [0.2, 0.25) is 0 Å². The summed E-state index contributed by atoms with van der Waals surface area (Å²) in [7, 11) is 1.61. The molecule has 0 amide bonds. The van der Waals surface area contributed by atoms with Crippen molar-refractivity contribution in [2.24, 2.45) is 0 Å². The normalized spacial score (nSPS) is 10.5. The molecule has 0 heterocycles. The summed E-state index contributed by atoms with van der Waals surface area (Å²) in [5.41, 5.74) is 1.59. The molecule has 19 heavy (non-hydrogen) atoms. The van der Waals surface area contributed by atoms with E-state index in [1.807, 2.05) is 24.3 Å². The van der Waals surface area contributed by atoms with Gasteiger partial charge in [0.15, 0.2) is 0 Å². The Balaban J connectivity index is 2.07. The summed E-state index contributed by atoms with van der Waals surface area (Å²) in [6.45, 7) is 0. The quantitative estimate of drug-likeness (QED) is 0.750. The van der Waals surface area contributed by atoms with Crippen LogP contribution in [-0.2, 0) is 12.8 Å². The molecule has 100 valence electrons. The van der Waals surface area contributed by atoms with E-state index in [-0.39, 0.29) is 0 Å². The number of hydrogen-bond donors (Lipinski definition) is 0. The minimum Gasteiger partial charge on any atom is -0.497 e. The van der Waals surface area contributed by atoms with Gasteiger partial charge in [-0.15, -0.1) is 0 Å². The number of rotatable bonds is 4. The number of methoxy groups -OCH3 is 1. The molecule has 0 atom stereocenters. The first-order valence-electron chi connectivity index (χ1n) is 5.86. The maximum atomic E-state index is 13.6. The number of hydrogen-bond acceptors (Lipinski definition) is 1. The van der Waals surface area contributed by atoms with Crippen LogP contribution in [0.3, 0.4) is 0 Å². The van der Waals surface area contributed by atoms with Gasteiger partial charge < -0.3 is 4.74 Å². The Hall–Kier alpha value is -1.42. The molecule has 0 aliphatic rings. The highest BCUT2D eigenvalue weighted by atomic mass is 79.9. The number of aryl methyl sites for hydroxylation is 2. The van der Waals surface area contributed by atoms with Crippen molar-refractivity contribution in [3.05, 3.63) is 63.6 Å². The predicted molar refractivity (Wildman–Crippen MR) is 74.5 cm³/mol. The molecular formula is C15H13BrF2O. The van der Waals surface area contributed by atoms with Crippen molar-refractivity contribution < 1.29 is 13.5 Å². The summed E-state index contributed by atoms with van der Waals surface area (Å²) in [6, 6.07) is 10.0. The van der Waals surface area contributed by atoms with Gasteiger partial charge in [-0.1, -0.05) is 12.1 Å². The van der Waals surface area contributed by atoms with Crippen molar-refractivity contribution in [2.45, 2.75) is 12.8 Å². The smallest absolute Gasteiger partial charge is 0.140 e. The molecule has 2 aromatic carbocycles. The van der Waals surface area contributed by atoms with Crippen LogP contribution in [-0.4, -0.2) is 7.11 Å². The van der Waals surface area contributed by atoms with Crippen molar-refractivity contribution >= 4 is 15.9 Å². The molecule has 0 bridgehead atoms. The second kappa shape index (κ2) is 6.15. The predicted octanol–water partition coefficient (Wildman–Crippen LogP) is 4.52. The van der Waals surface area contributed by atoms with Crippen LogP contribution in [0, 0.1) is 11.6 Å². The Labute approximate surface area is 119 Å². The monoisotopic (exact) mass is 326 g/mol. The van der Waals surface area contributed by atoms with Crippen molar-refractivity contribution in [1.82, 2.24) is 0 Å². The Morgan fingerprint density at radius 1 is 1.00 bits per heavy atom. The van der Waals surface area contributed by atoms with Crippen LogP contribution in [0.4, 0.5) is 8.78 Å². The van der Waals surface area contributed by atoms with Gasteiger partial charge in [-0.25, -0.2) is 8.78 Å². The van der Waals surface area contributed by atoms with E-state index in [2.05, 4.69) is 15.9 Å². The zero-order chi connectivity index (χ0) is 13.8. The zero-order valence-electron chi connectivity index (χ0n) is 10.4. The molecular weight excluding hydrogens is 314 g/mol. The van der Waals surface area contributed by atoms with Crippen LogP contribution in [0.5, 0.6) is 5.75 Å². The van der Waals surface area contributed by atoms with E-state index < -0.39 is 11.6 Å². The Kier molecular flexibility index (Phi) is 4.53. The summed E-state index contributed by atoms with van der Waals surface area (Å²) in [5, 5.41) is 0.